The summed E-state index contributed by atoms with van der Waals surface area (Å²) >= 11 is 0. The Labute approximate surface area is 155 Å². The maximum Gasteiger partial charge on any atom is 0.243 e. The Hall–Kier alpha value is -1.99. The lowest BCUT2D eigenvalue weighted by atomic mass is 9.95. The summed E-state index contributed by atoms with van der Waals surface area (Å²) < 4.78 is 28.3. The highest BCUT2D eigenvalue weighted by Crippen LogP contribution is 2.32. The fourth-order valence-electron chi connectivity index (χ4n) is 3.56. The molecule has 7 heteroatoms. The molecule has 0 unspecified atom stereocenters. The molecule has 0 bridgehead atoms. The van der Waals surface area contributed by atoms with E-state index in [-0.39, 0.29) is 0 Å². The lowest BCUT2D eigenvalue weighted by Crippen LogP contribution is -2.49. The highest BCUT2D eigenvalue weighted by molar-refractivity contribution is 7.89. The zero-order valence-electron chi connectivity index (χ0n) is 16.1. The zero-order valence-corrected chi connectivity index (χ0v) is 16.9. The van der Waals surface area contributed by atoms with Crippen molar-refractivity contribution in [3.8, 4) is 0 Å². The molecule has 1 aromatic carbocycles. The van der Waals surface area contributed by atoms with Crippen molar-refractivity contribution >= 4 is 16.0 Å². The van der Waals surface area contributed by atoms with Crippen LogP contribution in [-0.4, -0.2) is 48.9 Å². The molecule has 2 heterocycles. The van der Waals surface area contributed by atoms with Crippen LogP contribution >= 0.6 is 0 Å². The van der Waals surface area contributed by atoms with E-state index in [0.717, 1.165) is 22.3 Å². The van der Waals surface area contributed by atoms with E-state index in [9.17, 15) is 8.42 Å². The molecule has 1 aliphatic rings. The fraction of sp³-hybridized carbons (Fsp3) is 0.474. The third-order valence-electron chi connectivity index (χ3n) is 5.60. The number of anilines is 1. The van der Waals surface area contributed by atoms with Crippen LogP contribution in [-0.2, 0) is 10.0 Å². The van der Waals surface area contributed by atoms with Crippen LogP contribution in [0.1, 0.15) is 27.8 Å². The number of hydrogen-bond acceptors (Lipinski definition) is 5. The van der Waals surface area contributed by atoms with Crippen LogP contribution in [0.25, 0.3) is 0 Å². The Morgan fingerprint density at radius 2 is 1.23 bits per heavy atom. The molecule has 1 aromatic heterocycles. The van der Waals surface area contributed by atoms with Gasteiger partial charge in [-0.3, -0.25) is 0 Å². The van der Waals surface area contributed by atoms with Crippen molar-refractivity contribution in [3.05, 3.63) is 46.3 Å². The van der Waals surface area contributed by atoms with Crippen LogP contribution < -0.4 is 4.90 Å². The second-order valence-corrected chi connectivity index (χ2v) is 8.77. The highest BCUT2D eigenvalue weighted by atomic mass is 32.2. The maximum atomic E-state index is 13.4. The molecule has 0 amide bonds. The Bertz CT molecular complexity index is 889. The summed E-state index contributed by atoms with van der Waals surface area (Å²) in [4.78, 5) is 11.0. The lowest BCUT2D eigenvalue weighted by Gasteiger charge is -2.34. The summed E-state index contributed by atoms with van der Waals surface area (Å²) in [6, 6.07) is 1.78. The summed E-state index contributed by atoms with van der Waals surface area (Å²) in [5.41, 5.74) is 5.01. The predicted molar refractivity (Wildman–Crippen MR) is 103 cm³/mol. The molecular formula is C19H26N4O2S. The largest absolute Gasteiger partial charge is 0.338 e. The van der Waals surface area contributed by atoms with Crippen molar-refractivity contribution in [2.24, 2.45) is 0 Å². The normalized spacial score (nSPS) is 16.1. The van der Waals surface area contributed by atoms with E-state index in [1.165, 1.54) is 5.56 Å². The van der Waals surface area contributed by atoms with Gasteiger partial charge in [-0.15, -0.1) is 0 Å². The average Bonchev–Trinajstić information content (AvgIpc) is 2.65. The SMILES string of the molecule is Cc1c(C)c(C)c(S(=O)(=O)N2CCN(c3ncccn3)CC2)c(C)c1C. The van der Waals surface area contributed by atoms with Crippen LogP contribution in [0.15, 0.2) is 23.4 Å². The van der Waals surface area contributed by atoms with Crippen molar-refractivity contribution in [1.82, 2.24) is 14.3 Å². The quantitative estimate of drug-likeness (QED) is 0.826. The summed E-state index contributed by atoms with van der Waals surface area (Å²) in [6.45, 7) is 11.9. The van der Waals surface area contributed by atoms with E-state index in [4.69, 9.17) is 0 Å². The minimum atomic E-state index is -3.52. The number of aromatic nitrogens is 2. The smallest absolute Gasteiger partial charge is 0.243 e. The summed E-state index contributed by atoms with van der Waals surface area (Å²) in [7, 11) is -3.52. The summed E-state index contributed by atoms with van der Waals surface area (Å²) in [5, 5.41) is 0. The van der Waals surface area contributed by atoms with E-state index in [0.29, 0.717) is 37.0 Å². The molecule has 1 saturated heterocycles. The van der Waals surface area contributed by atoms with E-state index in [1.54, 1.807) is 22.8 Å². The van der Waals surface area contributed by atoms with Gasteiger partial charge in [0.1, 0.15) is 0 Å². The summed E-state index contributed by atoms with van der Waals surface area (Å²) in [6.07, 6.45) is 3.41. The number of benzene rings is 1. The molecule has 3 rings (SSSR count). The van der Waals surface area contributed by atoms with Gasteiger partial charge in [0, 0.05) is 38.6 Å². The molecule has 0 N–H and O–H groups in total. The van der Waals surface area contributed by atoms with Gasteiger partial charge in [-0.25, -0.2) is 18.4 Å². The van der Waals surface area contributed by atoms with Crippen LogP contribution in [0, 0.1) is 34.6 Å². The van der Waals surface area contributed by atoms with E-state index >= 15 is 0 Å². The van der Waals surface area contributed by atoms with Crippen LogP contribution in [0.2, 0.25) is 0 Å². The topological polar surface area (TPSA) is 66.4 Å². The minimum Gasteiger partial charge on any atom is -0.338 e. The minimum absolute atomic E-state index is 0.436. The molecule has 1 aliphatic heterocycles. The number of piperazine rings is 1. The molecule has 140 valence electrons. The van der Waals surface area contributed by atoms with Gasteiger partial charge in [0.2, 0.25) is 16.0 Å². The highest BCUT2D eigenvalue weighted by Gasteiger charge is 2.32. The van der Waals surface area contributed by atoms with Crippen molar-refractivity contribution < 1.29 is 8.42 Å². The third kappa shape index (κ3) is 3.10. The van der Waals surface area contributed by atoms with Gasteiger partial charge >= 0.3 is 0 Å². The van der Waals surface area contributed by atoms with E-state index < -0.39 is 10.0 Å². The van der Waals surface area contributed by atoms with Gasteiger partial charge < -0.3 is 4.90 Å². The van der Waals surface area contributed by atoms with Gasteiger partial charge in [0.15, 0.2) is 0 Å². The molecular weight excluding hydrogens is 348 g/mol. The Balaban J connectivity index is 1.89. The molecule has 0 aliphatic carbocycles. The number of sulfonamides is 1. The maximum absolute atomic E-state index is 13.4. The standard InChI is InChI=1S/C19H26N4O2S/c1-13-14(2)16(4)18(17(5)15(13)3)26(24,25)23-11-9-22(10-12-23)19-20-7-6-8-21-19/h6-8H,9-12H2,1-5H3. The molecule has 1 fully saturated rings. The molecule has 0 atom stereocenters. The van der Waals surface area contributed by atoms with Gasteiger partial charge in [-0.1, -0.05) is 0 Å². The Kier molecular flexibility index (Phi) is 5.03. The molecule has 0 radical (unpaired) electrons. The zero-order chi connectivity index (χ0) is 19.1. The van der Waals surface area contributed by atoms with E-state index in [2.05, 4.69) is 16.9 Å². The van der Waals surface area contributed by atoms with Gasteiger partial charge in [0.25, 0.3) is 0 Å². The van der Waals surface area contributed by atoms with Crippen LogP contribution in [0.4, 0.5) is 5.95 Å². The monoisotopic (exact) mass is 374 g/mol. The first kappa shape index (κ1) is 18.8. The number of rotatable bonds is 3. The Morgan fingerprint density at radius 3 is 1.73 bits per heavy atom. The number of hydrogen-bond donors (Lipinski definition) is 0. The van der Waals surface area contributed by atoms with E-state index in [1.807, 2.05) is 32.6 Å². The third-order valence-corrected chi connectivity index (χ3v) is 7.78. The predicted octanol–water partition coefficient (Wildman–Crippen LogP) is 2.53. The first-order valence-electron chi connectivity index (χ1n) is 8.84. The van der Waals surface area contributed by atoms with Gasteiger partial charge in [-0.2, -0.15) is 4.31 Å². The average molecular weight is 375 g/mol. The summed E-state index contributed by atoms with van der Waals surface area (Å²) in [5.74, 6) is 0.652. The van der Waals surface area contributed by atoms with Crippen molar-refractivity contribution in [2.75, 3.05) is 31.1 Å². The van der Waals surface area contributed by atoms with Crippen LogP contribution in [0.3, 0.4) is 0 Å². The number of nitrogens with zero attached hydrogens (tertiary/aromatic N) is 4. The first-order chi connectivity index (χ1) is 12.2. The van der Waals surface area contributed by atoms with Gasteiger partial charge in [-0.05, 0) is 68.5 Å². The second kappa shape index (κ2) is 6.96. The molecule has 0 saturated carbocycles. The molecule has 26 heavy (non-hydrogen) atoms. The fourth-order valence-corrected chi connectivity index (χ4v) is 5.55. The van der Waals surface area contributed by atoms with Gasteiger partial charge in [0.05, 0.1) is 4.90 Å². The van der Waals surface area contributed by atoms with Crippen LogP contribution in [0.5, 0.6) is 0 Å². The van der Waals surface area contributed by atoms with Crippen molar-refractivity contribution in [2.45, 2.75) is 39.5 Å². The second-order valence-electron chi connectivity index (χ2n) is 6.89. The first-order valence-corrected chi connectivity index (χ1v) is 10.3. The van der Waals surface area contributed by atoms with Crippen molar-refractivity contribution in [1.29, 1.82) is 0 Å². The molecule has 2 aromatic rings. The molecule has 0 spiro atoms. The molecule has 6 nitrogen and oxygen atoms in total. The van der Waals surface area contributed by atoms with Crippen molar-refractivity contribution in [3.63, 3.8) is 0 Å². The Morgan fingerprint density at radius 1 is 0.769 bits per heavy atom. The lowest BCUT2D eigenvalue weighted by molar-refractivity contribution is 0.382.